The predicted octanol–water partition coefficient (Wildman–Crippen LogP) is 2.56. The van der Waals surface area contributed by atoms with Gasteiger partial charge >= 0.3 is 12.2 Å². The molecule has 1 saturated heterocycles. The number of hydrogen-bond donors (Lipinski definition) is 2. The number of nitrogens with one attached hydrogen (secondary N) is 2. The summed E-state index contributed by atoms with van der Waals surface area (Å²) in [5.74, 6) is -1.84. The van der Waals surface area contributed by atoms with Crippen LogP contribution in [0.5, 0.6) is 0 Å². The van der Waals surface area contributed by atoms with Crippen LogP contribution in [0.25, 0.3) is 0 Å². The molecule has 0 bridgehead atoms. The third-order valence-electron chi connectivity index (χ3n) is 4.28. The topological polar surface area (TPSA) is 87.2 Å². The number of imide groups is 1. The maximum atomic E-state index is 13.9. The summed E-state index contributed by atoms with van der Waals surface area (Å²) in [5.41, 5.74) is -1.69. The van der Waals surface area contributed by atoms with E-state index < -0.39 is 29.7 Å². The van der Waals surface area contributed by atoms with Crippen LogP contribution in [0.1, 0.15) is 17.0 Å². The maximum absolute atomic E-state index is 13.9. The van der Waals surface area contributed by atoms with E-state index in [0.29, 0.717) is 16.3 Å². The zero-order chi connectivity index (χ0) is 20.5. The molecule has 1 aliphatic heterocycles. The Hall–Kier alpha value is -3.17. The molecule has 0 saturated carbocycles. The van der Waals surface area contributed by atoms with Crippen molar-refractivity contribution in [2.24, 2.45) is 0 Å². The van der Waals surface area contributed by atoms with Crippen LogP contribution in [-0.4, -0.2) is 45.2 Å². The summed E-state index contributed by atoms with van der Waals surface area (Å²) in [7, 11) is 0. The fraction of sp³-hybridized carbons (Fsp3) is 0.333. The minimum atomic E-state index is -5.11. The molecule has 2 N–H and O–H groups in total. The zero-order valence-corrected chi connectivity index (χ0v) is 15.2. The first kappa shape index (κ1) is 19.6. The van der Waals surface area contributed by atoms with Crippen molar-refractivity contribution in [1.29, 1.82) is 0 Å². The Labute approximate surface area is 159 Å². The van der Waals surface area contributed by atoms with E-state index in [-0.39, 0.29) is 13.0 Å². The predicted molar refractivity (Wildman–Crippen MR) is 94.3 cm³/mol. The molecule has 1 aromatic carbocycles. The van der Waals surface area contributed by atoms with E-state index in [1.165, 1.54) is 0 Å². The summed E-state index contributed by atoms with van der Waals surface area (Å²) in [6, 6.07) is 9.29. The first-order chi connectivity index (χ1) is 13.1. The van der Waals surface area contributed by atoms with E-state index in [1.54, 1.807) is 55.6 Å². The van der Waals surface area contributed by atoms with Crippen LogP contribution in [-0.2, 0) is 11.2 Å². The van der Waals surface area contributed by atoms with Gasteiger partial charge in [-0.05, 0) is 31.9 Å². The van der Waals surface area contributed by atoms with Crippen molar-refractivity contribution in [3.63, 3.8) is 0 Å². The number of hydrogen-bond acceptors (Lipinski definition) is 5. The van der Waals surface area contributed by atoms with Gasteiger partial charge < -0.3 is 5.32 Å². The van der Waals surface area contributed by atoms with Gasteiger partial charge in [0.1, 0.15) is 0 Å². The van der Waals surface area contributed by atoms with E-state index in [9.17, 15) is 22.8 Å². The number of anilines is 1. The van der Waals surface area contributed by atoms with Crippen molar-refractivity contribution in [2.75, 3.05) is 11.9 Å². The molecule has 0 unspecified atom stereocenters. The van der Waals surface area contributed by atoms with Gasteiger partial charge in [0.2, 0.25) is 5.95 Å². The molecule has 10 heteroatoms. The quantitative estimate of drug-likeness (QED) is 0.763. The SMILES string of the molecule is Cc1cc(C)nc(N[C@@]2(C(F)(F)F)NC(=O)N(CCc3ccccc3)C2=O)n1. The lowest BCUT2D eigenvalue weighted by atomic mass is 10.1. The lowest BCUT2D eigenvalue weighted by Gasteiger charge is -2.30. The van der Waals surface area contributed by atoms with E-state index in [4.69, 9.17) is 0 Å². The molecule has 3 amide bonds. The Kier molecular flexibility index (Phi) is 4.97. The van der Waals surface area contributed by atoms with Crippen LogP contribution in [0.4, 0.5) is 23.9 Å². The molecule has 2 aromatic rings. The van der Waals surface area contributed by atoms with E-state index in [0.717, 1.165) is 5.56 Å². The minimum Gasteiger partial charge on any atom is -0.316 e. The zero-order valence-electron chi connectivity index (χ0n) is 15.2. The molecule has 1 aliphatic rings. The second-order valence-corrected chi connectivity index (χ2v) is 6.47. The smallest absolute Gasteiger partial charge is 0.316 e. The highest BCUT2D eigenvalue weighted by Gasteiger charge is 2.68. The largest absolute Gasteiger partial charge is 0.440 e. The van der Waals surface area contributed by atoms with Gasteiger partial charge in [0, 0.05) is 17.9 Å². The lowest BCUT2D eigenvalue weighted by Crippen LogP contribution is -2.64. The van der Waals surface area contributed by atoms with E-state index in [1.807, 2.05) is 5.32 Å². The van der Waals surface area contributed by atoms with Crippen LogP contribution < -0.4 is 10.6 Å². The minimum absolute atomic E-state index is 0.193. The fourth-order valence-electron chi connectivity index (χ4n) is 2.96. The monoisotopic (exact) mass is 393 g/mol. The van der Waals surface area contributed by atoms with Gasteiger partial charge in [-0.2, -0.15) is 13.2 Å². The normalized spacial score (nSPS) is 19.7. The van der Waals surface area contributed by atoms with Crippen molar-refractivity contribution in [2.45, 2.75) is 32.1 Å². The van der Waals surface area contributed by atoms with Crippen LogP contribution >= 0.6 is 0 Å². The highest BCUT2D eigenvalue weighted by Crippen LogP contribution is 2.36. The van der Waals surface area contributed by atoms with Crippen molar-refractivity contribution in [3.05, 3.63) is 53.3 Å². The molecule has 3 rings (SSSR count). The molecule has 0 radical (unpaired) electrons. The van der Waals surface area contributed by atoms with Gasteiger partial charge in [0.25, 0.3) is 11.6 Å². The van der Waals surface area contributed by atoms with Gasteiger partial charge in [-0.25, -0.2) is 14.8 Å². The molecule has 0 aliphatic carbocycles. The number of aromatic nitrogens is 2. The second kappa shape index (κ2) is 7.10. The van der Waals surface area contributed by atoms with Gasteiger partial charge in [-0.3, -0.25) is 15.0 Å². The molecule has 2 heterocycles. The summed E-state index contributed by atoms with van der Waals surface area (Å²) < 4.78 is 41.6. The molecule has 148 valence electrons. The number of benzene rings is 1. The fourth-order valence-corrected chi connectivity index (χ4v) is 2.96. The Morgan fingerprint density at radius 1 is 1.11 bits per heavy atom. The van der Waals surface area contributed by atoms with Crippen LogP contribution in [0.2, 0.25) is 0 Å². The Morgan fingerprint density at radius 3 is 2.29 bits per heavy atom. The summed E-state index contributed by atoms with van der Waals surface area (Å²) in [5, 5.41) is 3.77. The third-order valence-corrected chi connectivity index (χ3v) is 4.28. The van der Waals surface area contributed by atoms with Gasteiger partial charge in [0.05, 0.1) is 0 Å². The number of urea groups is 1. The standard InChI is InChI=1S/C18H18F3N5O2/c1-11-10-12(2)23-15(22-11)24-17(18(19,20)21)14(27)26(16(28)25-17)9-8-13-6-4-3-5-7-13/h3-7,10H,8-9H2,1-2H3,(H,25,28)(H,22,23,24)/t17-/m1/s1. The molecule has 1 aromatic heterocycles. The number of carbonyl (C=O) groups excluding carboxylic acids is 2. The maximum Gasteiger partial charge on any atom is 0.440 e. The van der Waals surface area contributed by atoms with Crippen LogP contribution in [0, 0.1) is 13.8 Å². The highest BCUT2D eigenvalue weighted by atomic mass is 19.4. The first-order valence-electron chi connectivity index (χ1n) is 8.47. The van der Waals surface area contributed by atoms with Crippen molar-refractivity contribution >= 4 is 17.9 Å². The molecular formula is C18H18F3N5O2. The summed E-state index contributed by atoms with van der Waals surface area (Å²) in [6.07, 6.45) is -4.88. The van der Waals surface area contributed by atoms with Crippen LogP contribution in [0.15, 0.2) is 36.4 Å². The van der Waals surface area contributed by atoms with Gasteiger partial charge in [-0.1, -0.05) is 30.3 Å². The number of rotatable bonds is 5. The summed E-state index contributed by atoms with van der Waals surface area (Å²) in [4.78, 5) is 33.2. The number of amides is 3. The third kappa shape index (κ3) is 3.62. The average Bonchev–Trinajstić information content (AvgIpc) is 2.84. The molecule has 7 nitrogen and oxygen atoms in total. The number of halogens is 3. The summed E-state index contributed by atoms with van der Waals surface area (Å²) >= 11 is 0. The lowest BCUT2D eigenvalue weighted by molar-refractivity contribution is -0.188. The molecule has 28 heavy (non-hydrogen) atoms. The van der Waals surface area contributed by atoms with Crippen molar-refractivity contribution < 1.29 is 22.8 Å². The molecule has 1 fully saturated rings. The number of carbonyl (C=O) groups is 2. The molecular weight excluding hydrogens is 375 g/mol. The number of alkyl halides is 3. The summed E-state index contributed by atoms with van der Waals surface area (Å²) in [6.45, 7) is 2.98. The van der Waals surface area contributed by atoms with Crippen molar-refractivity contribution in [1.82, 2.24) is 20.2 Å². The van der Waals surface area contributed by atoms with Gasteiger partial charge in [0.15, 0.2) is 0 Å². The first-order valence-corrected chi connectivity index (χ1v) is 8.47. The highest BCUT2D eigenvalue weighted by molar-refractivity contribution is 6.08. The molecule has 0 spiro atoms. The van der Waals surface area contributed by atoms with Gasteiger partial charge in [-0.15, -0.1) is 0 Å². The Morgan fingerprint density at radius 2 is 1.71 bits per heavy atom. The number of nitrogens with zero attached hydrogens (tertiary/aromatic N) is 3. The van der Waals surface area contributed by atoms with Crippen LogP contribution in [0.3, 0.4) is 0 Å². The second-order valence-electron chi connectivity index (χ2n) is 6.47. The average molecular weight is 393 g/mol. The molecule has 1 atom stereocenters. The number of aryl methyl sites for hydroxylation is 2. The van der Waals surface area contributed by atoms with Crippen molar-refractivity contribution in [3.8, 4) is 0 Å². The Balaban J connectivity index is 1.88. The Bertz CT molecular complexity index is 884. The van der Waals surface area contributed by atoms with E-state index in [2.05, 4.69) is 9.97 Å². The van der Waals surface area contributed by atoms with E-state index >= 15 is 0 Å².